The van der Waals surface area contributed by atoms with Gasteiger partial charge >= 0.3 is 0 Å². The van der Waals surface area contributed by atoms with E-state index in [1.807, 2.05) is 18.2 Å². The van der Waals surface area contributed by atoms with Gasteiger partial charge in [0.15, 0.2) is 0 Å². The molecule has 1 aromatic carbocycles. The van der Waals surface area contributed by atoms with Crippen LogP contribution in [0.2, 0.25) is 0 Å². The van der Waals surface area contributed by atoms with Crippen LogP contribution in [0.15, 0.2) is 30.3 Å². The number of carbonyl (C=O) groups is 1. The fourth-order valence-electron chi connectivity index (χ4n) is 6.61. The molecule has 1 N–H and O–H groups in total. The summed E-state index contributed by atoms with van der Waals surface area (Å²) in [5, 5.41) is 13.9. The summed E-state index contributed by atoms with van der Waals surface area (Å²) in [6, 6.07) is 10.2. The third-order valence-corrected chi connectivity index (χ3v) is 8.73. The zero-order valence-corrected chi connectivity index (χ0v) is 16.3. The molecule has 7 rings (SSSR count). The number of hydrogen-bond acceptors (Lipinski definition) is 4. The fourth-order valence-corrected chi connectivity index (χ4v) is 7.56. The summed E-state index contributed by atoms with van der Waals surface area (Å²) in [7, 11) is 0. The van der Waals surface area contributed by atoms with Crippen molar-refractivity contribution in [3.05, 3.63) is 40.9 Å². The Bertz CT molecular complexity index is 851. The molecule has 5 fully saturated rings. The van der Waals surface area contributed by atoms with Crippen LogP contribution in [0, 0.1) is 17.8 Å². The number of rotatable bonds is 4. The first-order valence-electron chi connectivity index (χ1n) is 10.4. The van der Waals surface area contributed by atoms with Crippen LogP contribution >= 0.6 is 11.3 Å². The molecule has 0 atom stereocenters. The summed E-state index contributed by atoms with van der Waals surface area (Å²) in [5.74, 6) is 2.77. The normalized spacial score (nSPS) is 35.2. The summed E-state index contributed by atoms with van der Waals surface area (Å²) in [6.45, 7) is 0. The minimum atomic E-state index is -0.353. The smallest absolute Gasteiger partial charge is 0.236 e. The van der Waals surface area contributed by atoms with Crippen molar-refractivity contribution in [2.45, 2.75) is 62.2 Å². The number of benzene rings is 1. The van der Waals surface area contributed by atoms with Crippen LogP contribution in [-0.2, 0) is 15.6 Å². The molecule has 27 heavy (non-hydrogen) atoms. The van der Waals surface area contributed by atoms with Gasteiger partial charge in [0.2, 0.25) is 11.0 Å². The van der Waals surface area contributed by atoms with Gasteiger partial charge in [-0.3, -0.25) is 10.1 Å². The van der Waals surface area contributed by atoms with E-state index >= 15 is 0 Å². The molecule has 0 spiro atoms. The van der Waals surface area contributed by atoms with Crippen molar-refractivity contribution in [1.82, 2.24) is 10.2 Å². The second kappa shape index (κ2) is 5.63. The molecule has 4 bridgehead atoms. The van der Waals surface area contributed by atoms with Crippen molar-refractivity contribution in [3.8, 4) is 0 Å². The van der Waals surface area contributed by atoms with Gasteiger partial charge in [0, 0.05) is 5.41 Å². The highest BCUT2D eigenvalue weighted by atomic mass is 32.1. The van der Waals surface area contributed by atoms with Gasteiger partial charge < -0.3 is 0 Å². The molecule has 0 radical (unpaired) electrons. The number of amides is 1. The Morgan fingerprint density at radius 1 is 0.963 bits per heavy atom. The van der Waals surface area contributed by atoms with Crippen molar-refractivity contribution >= 4 is 22.4 Å². The molecule has 1 aromatic heterocycles. The summed E-state index contributed by atoms with van der Waals surface area (Å²) in [5.41, 5.74) is 1.02. The predicted octanol–water partition coefficient (Wildman–Crippen LogP) is 4.68. The summed E-state index contributed by atoms with van der Waals surface area (Å²) in [4.78, 5) is 13.0. The maximum Gasteiger partial charge on any atom is 0.236 e. The minimum Gasteiger partial charge on any atom is -0.300 e. The van der Waals surface area contributed by atoms with Crippen molar-refractivity contribution < 1.29 is 4.79 Å². The zero-order chi connectivity index (χ0) is 18.1. The number of carbonyl (C=O) groups excluding carboxylic acids is 1. The second-order valence-corrected chi connectivity index (χ2v) is 10.5. The first-order valence-corrected chi connectivity index (χ1v) is 11.2. The SMILES string of the molecule is O=C(Nc1nnc(C23CC4CC(CC(C4)C2)C3)s1)C1(c2ccccc2)CC1. The highest BCUT2D eigenvalue weighted by Gasteiger charge is 2.54. The van der Waals surface area contributed by atoms with Crippen LogP contribution in [0.4, 0.5) is 5.13 Å². The van der Waals surface area contributed by atoms with Crippen molar-refractivity contribution in [2.24, 2.45) is 17.8 Å². The number of nitrogens with one attached hydrogen (secondary N) is 1. The van der Waals surface area contributed by atoms with Gasteiger partial charge in [0.1, 0.15) is 5.01 Å². The van der Waals surface area contributed by atoms with E-state index < -0.39 is 0 Å². The van der Waals surface area contributed by atoms with E-state index in [0.717, 1.165) is 36.2 Å². The molecule has 0 unspecified atom stereocenters. The van der Waals surface area contributed by atoms with Crippen molar-refractivity contribution in [1.29, 1.82) is 0 Å². The molecule has 2 aromatic rings. The van der Waals surface area contributed by atoms with E-state index in [1.165, 1.54) is 43.5 Å². The average molecular weight is 380 g/mol. The van der Waals surface area contributed by atoms with Gasteiger partial charge in [0.05, 0.1) is 5.41 Å². The summed E-state index contributed by atoms with van der Waals surface area (Å²) in [6.07, 6.45) is 10.00. The number of anilines is 1. The summed E-state index contributed by atoms with van der Waals surface area (Å²) >= 11 is 1.63. The maximum absolute atomic E-state index is 13.0. The molecule has 5 heteroatoms. The number of aromatic nitrogens is 2. The van der Waals surface area contributed by atoms with Crippen LogP contribution < -0.4 is 5.32 Å². The largest absolute Gasteiger partial charge is 0.300 e. The first kappa shape index (κ1) is 16.2. The van der Waals surface area contributed by atoms with Gasteiger partial charge in [-0.15, -0.1) is 10.2 Å². The summed E-state index contributed by atoms with van der Waals surface area (Å²) < 4.78 is 0. The zero-order valence-electron chi connectivity index (χ0n) is 15.5. The van der Waals surface area contributed by atoms with Gasteiger partial charge in [-0.05, 0) is 74.7 Å². The first-order chi connectivity index (χ1) is 13.2. The lowest BCUT2D eigenvalue weighted by Gasteiger charge is -2.55. The Morgan fingerprint density at radius 3 is 2.19 bits per heavy atom. The lowest BCUT2D eigenvalue weighted by Crippen LogP contribution is -2.48. The van der Waals surface area contributed by atoms with Crippen LogP contribution in [0.5, 0.6) is 0 Å². The topological polar surface area (TPSA) is 54.9 Å². The standard InChI is InChI=1S/C22H25N3OS/c26-18(22(6-7-22)17-4-2-1-3-5-17)23-20-25-24-19(27-20)21-11-14-8-15(12-21)10-16(9-14)13-21/h1-5,14-16H,6-13H2,(H,23,25,26). The highest BCUT2D eigenvalue weighted by molar-refractivity contribution is 7.15. The lowest BCUT2D eigenvalue weighted by molar-refractivity contribution is -0.118. The molecule has 1 heterocycles. The minimum absolute atomic E-state index is 0.0851. The van der Waals surface area contributed by atoms with Gasteiger partial charge in [-0.2, -0.15) is 0 Å². The third kappa shape index (κ3) is 2.50. The van der Waals surface area contributed by atoms with Gasteiger partial charge in [-0.25, -0.2) is 0 Å². The van der Waals surface area contributed by atoms with Gasteiger partial charge in [0.25, 0.3) is 0 Å². The van der Waals surface area contributed by atoms with Gasteiger partial charge in [-0.1, -0.05) is 41.7 Å². The van der Waals surface area contributed by atoms with Crippen LogP contribution in [0.3, 0.4) is 0 Å². The Labute approximate surface area is 163 Å². The van der Waals surface area contributed by atoms with Crippen LogP contribution in [-0.4, -0.2) is 16.1 Å². The second-order valence-electron chi connectivity index (χ2n) is 9.51. The maximum atomic E-state index is 13.0. The molecular weight excluding hydrogens is 354 g/mol. The van der Waals surface area contributed by atoms with E-state index in [2.05, 4.69) is 27.6 Å². The number of hydrogen-bond donors (Lipinski definition) is 1. The predicted molar refractivity (Wildman–Crippen MR) is 106 cm³/mol. The molecular formula is C22H25N3OS. The van der Waals surface area contributed by atoms with Crippen molar-refractivity contribution in [3.63, 3.8) is 0 Å². The van der Waals surface area contributed by atoms with E-state index in [4.69, 9.17) is 0 Å². The van der Waals surface area contributed by atoms with E-state index in [1.54, 1.807) is 11.3 Å². The molecule has 5 aliphatic carbocycles. The van der Waals surface area contributed by atoms with Crippen molar-refractivity contribution in [2.75, 3.05) is 5.32 Å². The molecule has 5 saturated carbocycles. The molecule has 1 amide bonds. The van der Waals surface area contributed by atoms with E-state index in [0.29, 0.717) is 5.13 Å². The Hall–Kier alpha value is -1.75. The molecule has 0 aliphatic heterocycles. The molecule has 5 aliphatic rings. The monoisotopic (exact) mass is 379 g/mol. The lowest BCUT2D eigenvalue weighted by atomic mass is 9.50. The Kier molecular flexibility index (Phi) is 3.38. The van der Waals surface area contributed by atoms with Crippen LogP contribution in [0.1, 0.15) is 61.9 Å². The third-order valence-electron chi connectivity index (χ3n) is 7.65. The Morgan fingerprint density at radius 2 is 1.59 bits per heavy atom. The van der Waals surface area contributed by atoms with Crippen LogP contribution in [0.25, 0.3) is 0 Å². The molecule has 140 valence electrons. The average Bonchev–Trinajstić information content (AvgIpc) is 3.34. The van der Waals surface area contributed by atoms with E-state index in [9.17, 15) is 4.79 Å². The Balaban J connectivity index is 1.23. The fraction of sp³-hybridized carbons (Fsp3) is 0.591. The number of nitrogens with zero attached hydrogens (tertiary/aromatic N) is 2. The molecule has 0 saturated heterocycles. The van der Waals surface area contributed by atoms with E-state index in [-0.39, 0.29) is 16.7 Å². The quantitative estimate of drug-likeness (QED) is 0.839. The highest BCUT2D eigenvalue weighted by Crippen LogP contribution is 2.61. The molecule has 4 nitrogen and oxygen atoms in total.